The van der Waals surface area contributed by atoms with Gasteiger partial charge in [0.15, 0.2) is 0 Å². The maximum atomic E-state index is 14.0. The predicted molar refractivity (Wildman–Crippen MR) is 361 cm³/mol. The van der Waals surface area contributed by atoms with Crippen LogP contribution in [0.4, 0.5) is 0 Å². The third-order valence-corrected chi connectivity index (χ3v) is 15.2. The van der Waals surface area contributed by atoms with Crippen LogP contribution in [0, 0.1) is 23.7 Å². The number of aliphatic carboxylic acids is 1. The lowest BCUT2D eigenvalue weighted by Crippen LogP contribution is -2.63. The summed E-state index contributed by atoms with van der Waals surface area (Å²) in [4.78, 5) is 211. The lowest BCUT2D eigenvalue weighted by molar-refractivity contribution is -0.143. The highest BCUT2D eigenvalue weighted by molar-refractivity contribution is 7.80. The molecule has 0 aliphatic rings. The number of hydrogen-bond acceptors (Lipinski definition) is 24. The van der Waals surface area contributed by atoms with Gasteiger partial charge in [0.2, 0.25) is 88.6 Å². The Morgan fingerprint density at radius 2 is 0.758 bits per heavy atom. The molecule has 0 aromatic carbocycles. The van der Waals surface area contributed by atoms with Crippen LogP contribution < -0.4 is 92.1 Å². The Bertz CT molecular complexity index is 2750. The van der Waals surface area contributed by atoms with Gasteiger partial charge >= 0.3 is 5.97 Å². The minimum atomic E-state index is -1.91. The summed E-state index contributed by atoms with van der Waals surface area (Å²) in [5.41, 5.74) is 21.7. The van der Waals surface area contributed by atoms with Crippen molar-refractivity contribution in [2.24, 2.45) is 46.6 Å². The number of carboxylic acids is 1. The number of primary amides is 2. The second-order valence-corrected chi connectivity index (χ2v) is 25.8. The lowest BCUT2D eigenvalue weighted by atomic mass is 9.99. The minimum Gasteiger partial charge on any atom is -0.480 e. The number of thiol groups is 2. The number of unbranched alkanes of at least 4 members (excludes halogenated alkanes) is 1. The number of aliphatic hydroxyl groups is 4. The van der Waals surface area contributed by atoms with Gasteiger partial charge in [-0.2, -0.15) is 25.3 Å². The fourth-order valence-electron chi connectivity index (χ4n) is 9.10. The van der Waals surface area contributed by atoms with Gasteiger partial charge in [-0.15, -0.1) is 0 Å². The van der Waals surface area contributed by atoms with E-state index in [-0.39, 0.29) is 55.7 Å². The Balaban J connectivity index is 6.37. The van der Waals surface area contributed by atoms with Crippen molar-refractivity contribution in [3.05, 3.63) is 0 Å². The van der Waals surface area contributed by atoms with Crippen LogP contribution in [-0.2, 0) is 76.7 Å². The Hall–Kier alpha value is -8.02. The summed E-state index contributed by atoms with van der Waals surface area (Å²) in [6, 6.07) is -20.4. The molecule has 40 heteroatoms. The van der Waals surface area contributed by atoms with Crippen LogP contribution in [0.1, 0.15) is 120 Å². The Morgan fingerprint density at radius 3 is 1.16 bits per heavy atom. The quantitative estimate of drug-likeness (QED) is 0.0199. The minimum absolute atomic E-state index is 0.0154. The molecule has 26 N–H and O–H groups in total. The number of aliphatic hydroxyl groups excluding tert-OH is 4. The zero-order chi connectivity index (χ0) is 76.1. The number of nitrogens with two attached hydrogens (primary N) is 4. The third-order valence-electron chi connectivity index (χ3n) is 14.5. The van der Waals surface area contributed by atoms with Crippen LogP contribution in [0.5, 0.6) is 0 Å². The van der Waals surface area contributed by atoms with Gasteiger partial charge in [0.1, 0.15) is 72.5 Å². The number of amides is 15. The molecule has 0 rings (SSSR count). The molecule has 0 radical (unpaired) electrons. The summed E-state index contributed by atoms with van der Waals surface area (Å²) in [7, 11) is 0. The van der Waals surface area contributed by atoms with Gasteiger partial charge in [0.25, 0.3) is 0 Å². The van der Waals surface area contributed by atoms with Gasteiger partial charge in [-0.1, -0.05) is 55.4 Å². The molecule has 99 heavy (non-hydrogen) atoms. The Morgan fingerprint density at radius 1 is 0.394 bits per heavy atom. The largest absolute Gasteiger partial charge is 0.480 e. The van der Waals surface area contributed by atoms with Crippen molar-refractivity contribution in [1.82, 2.24) is 69.1 Å². The van der Waals surface area contributed by atoms with Crippen molar-refractivity contribution in [1.29, 1.82) is 0 Å². The number of carboxylic acid groups (broad SMARTS) is 1. The number of nitrogens with one attached hydrogen (secondary N) is 13. The molecule has 0 aliphatic heterocycles. The van der Waals surface area contributed by atoms with Crippen molar-refractivity contribution in [2.75, 3.05) is 44.4 Å². The molecule has 14 atom stereocenters. The number of rotatable bonds is 49. The second kappa shape index (κ2) is 47.1. The zero-order valence-corrected chi connectivity index (χ0v) is 59.0. The predicted octanol–water partition coefficient (Wildman–Crippen LogP) is -9.39. The summed E-state index contributed by atoms with van der Waals surface area (Å²) in [6.45, 7) is 10.6. The van der Waals surface area contributed by atoms with E-state index in [1.54, 1.807) is 41.5 Å². The van der Waals surface area contributed by atoms with E-state index in [1.807, 2.05) is 0 Å². The Kier molecular flexibility index (Phi) is 43.3. The highest BCUT2D eigenvalue weighted by atomic mass is 32.1. The highest BCUT2D eigenvalue weighted by Crippen LogP contribution is 2.13. The first-order chi connectivity index (χ1) is 46.2. The van der Waals surface area contributed by atoms with E-state index in [9.17, 15) is 102 Å². The summed E-state index contributed by atoms with van der Waals surface area (Å²) in [5.74, 6) is -19.1. The fraction of sp³-hybridized carbons (Fsp3) is 0.729. The molecular formula is C59H105N17O21S2. The highest BCUT2D eigenvalue weighted by Gasteiger charge is 2.38. The van der Waals surface area contributed by atoms with Gasteiger partial charge < -0.3 is 118 Å². The van der Waals surface area contributed by atoms with Crippen molar-refractivity contribution in [3.8, 4) is 0 Å². The SMILES string of the molecule is CC(C)CC(NC(=O)C(CCCCN)NC(=O)CNC(=O)C(CC(C)C)NC(=O)C(NC(=O)C(CS)NC(=O)C(NC(=O)C(CO)NC(=O)C(CC(C)C)NC(=O)C(CC(N)=O)NC(=O)C(CO)NC(=O)C(N)CS)C(C)O)C(C)C)C(=O)NC(CO)C(=O)NC(CCC(N)=O)C(=O)O. The smallest absolute Gasteiger partial charge is 0.326 e. The maximum Gasteiger partial charge on any atom is 0.326 e. The van der Waals surface area contributed by atoms with Crippen molar-refractivity contribution >= 4 is 120 Å². The van der Waals surface area contributed by atoms with E-state index in [0.717, 1.165) is 6.92 Å². The summed E-state index contributed by atoms with van der Waals surface area (Å²) >= 11 is 8.08. The first-order valence-electron chi connectivity index (χ1n) is 32.1. The van der Waals surface area contributed by atoms with E-state index in [1.165, 1.54) is 13.8 Å². The third kappa shape index (κ3) is 35.0. The van der Waals surface area contributed by atoms with Gasteiger partial charge in [-0.05, 0) is 82.1 Å². The number of hydrogen-bond donors (Lipinski definition) is 24. The van der Waals surface area contributed by atoms with E-state index in [4.69, 9.17) is 22.9 Å². The molecule has 0 bridgehead atoms. The van der Waals surface area contributed by atoms with Crippen molar-refractivity contribution < 1.29 is 102 Å². The first kappa shape index (κ1) is 91.0. The van der Waals surface area contributed by atoms with Crippen LogP contribution in [0.2, 0.25) is 0 Å². The number of carbonyl (C=O) groups excluding carboxylic acids is 15. The van der Waals surface area contributed by atoms with Gasteiger partial charge in [-0.3, -0.25) is 71.9 Å². The van der Waals surface area contributed by atoms with Crippen LogP contribution in [-0.4, -0.2) is 249 Å². The summed E-state index contributed by atoms with van der Waals surface area (Å²) in [6.07, 6.45) is -2.90. The molecule has 564 valence electrons. The Labute approximate surface area is 584 Å². The molecule has 0 fully saturated rings. The molecule has 0 spiro atoms. The zero-order valence-electron chi connectivity index (χ0n) is 57.2. The standard InChI is InChI=1S/C59H105N17O21S2/c1-26(2)16-34(48(85)64-20-44(83)65-32(12-10-11-15-60)49(86)67-35(17-27(3)4)50(87)72-39(22-78)53(90)66-33(59(96)97)13-14-42(62)81)70-57(94)45(29(7)8)75-56(93)41(25-99)74-58(95)46(30(9)80)76-55(92)40(23-79)73-51(88)36(18-28(5)6)68-52(89)37(19-43(63)82)69-54(91)38(21-77)71-47(84)31(61)24-98/h26-41,45-46,77-80,98-99H,10-25,60-61H2,1-9H3,(H2,62,81)(H2,63,82)(H,64,85)(H,65,83)(H,66,90)(H,67,86)(H,68,89)(H,69,91)(H,70,94)(H,71,84)(H,72,87)(H,73,88)(H,74,95)(H,75,93)(H,76,92)(H,96,97). The van der Waals surface area contributed by atoms with E-state index >= 15 is 0 Å². The lowest BCUT2D eigenvalue weighted by Gasteiger charge is -2.29. The molecular weight excluding hydrogens is 1350 g/mol. The molecule has 38 nitrogen and oxygen atoms in total. The summed E-state index contributed by atoms with van der Waals surface area (Å²) < 4.78 is 0. The second-order valence-electron chi connectivity index (χ2n) is 25.1. The van der Waals surface area contributed by atoms with Crippen LogP contribution >= 0.6 is 25.3 Å². The topological polar surface area (TPSA) is 635 Å². The molecule has 0 saturated carbocycles. The van der Waals surface area contributed by atoms with Crippen LogP contribution in [0.3, 0.4) is 0 Å². The average Bonchev–Trinajstić information content (AvgIpc) is 0.937. The van der Waals surface area contributed by atoms with Crippen LogP contribution in [0.25, 0.3) is 0 Å². The molecule has 0 saturated heterocycles. The van der Waals surface area contributed by atoms with Crippen LogP contribution in [0.15, 0.2) is 0 Å². The molecule has 14 unspecified atom stereocenters. The molecule has 0 aromatic rings. The molecule has 15 amide bonds. The maximum absolute atomic E-state index is 14.0. The first-order valence-corrected chi connectivity index (χ1v) is 33.4. The fourth-order valence-corrected chi connectivity index (χ4v) is 9.53. The van der Waals surface area contributed by atoms with E-state index < -0.39 is 237 Å². The monoisotopic (exact) mass is 1450 g/mol. The van der Waals surface area contributed by atoms with Crippen molar-refractivity contribution in [3.63, 3.8) is 0 Å². The summed E-state index contributed by atoms with van der Waals surface area (Å²) in [5, 5.41) is 80.7. The normalized spacial score (nSPS) is 15.5. The van der Waals surface area contributed by atoms with Crippen molar-refractivity contribution in [2.45, 2.75) is 205 Å². The molecule has 0 aromatic heterocycles. The number of carbonyl (C=O) groups is 16. The van der Waals surface area contributed by atoms with Gasteiger partial charge in [0.05, 0.1) is 44.9 Å². The molecule has 0 aliphatic carbocycles. The van der Waals surface area contributed by atoms with E-state index in [2.05, 4.69) is 94.4 Å². The molecule has 0 heterocycles. The average molecular weight is 1450 g/mol. The van der Waals surface area contributed by atoms with Gasteiger partial charge in [0, 0.05) is 17.9 Å². The van der Waals surface area contributed by atoms with Gasteiger partial charge in [-0.25, -0.2) is 4.79 Å². The van der Waals surface area contributed by atoms with E-state index in [0.29, 0.717) is 12.8 Å².